The monoisotopic (exact) mass is 253 g/mol. The largest absolute Gasteiger partial charge is 0.445 e. The molecule has 1 fully saturated rings. The van der Waals surface area contributed by atoms with Crippen LogP contribution in [0.1, 0.15) is 18.4 Å². The molecule has 8 heteroatoms. The second kappa shape index (κ2) is 4.17. The van der Waals surface area contributed by atoms with Crippen LogP contribution in [0.15, 0.2) is 0 Å². The third-order valence-corrected chi connectivity index (χ3v) is 3.25. The van der Waals surface area contributed by atoms with Gasteiger partial charge in [-0.3, -0.25) is 0 Å². The van der Waals surface area contributed by atoms with Gasteiger partial charge in [0, 0.05) is 6.61 Å². The highest BCUT2D eigenvalue weighted by atomic mass is 32.1. The zero-order valence-corrected chi connectivity index (χ0v) is 9.23. The average Bonchev–Trinajstić information content (AvgIpc) is 2.76. The van der Waals surface area contributed by atoms with E-state index in [2.05, 4.69) is 15.5 Å². The fourth-order valence-corrected chi connectivity index (χ4v) is 2.15. The van der Waals surface area contributed by atoms with Crippen LogP contribution in [-0.4, -0.2) is 29.0 Å². The van der Waals surface area contributed by atoms with Gasteiger partial charge >= 0.3 is 6.18 Å². The van der Waals surface area contributed by atoms with Crippen molar-refractivity contribution in [1.82, 2.24) is 10.2 Å². The molecule has 1 aromatic rings. The Morgan fingerprint density at radius 3 is 2.69 bits per heavy atom. The van der Waals surface area contributed by atoms with Crippen molar-refractivity contribution in [1.29, 1.82) is 0 Å². The van der Waals surface area contributed by atoms with E-state index in [1.165, 1.54) is 0 Å². The van der Waals surface area contributed by atoms with Crippen molar-refractivity contribution in [2.45, 2.75) is 31.7 Å². The van der Waals surface area contributed by atoms with E-state index in [9.17, 15) is 13.2 Å². The lowest BCUT2D eigenvalue weighted by molar-refractivity contribution is -0.138. The Hall–Kier alpha value is -0.890. The van der Waals surface area contributed by atoms with Crippen molar-refractivity contribution in [3.63, 3.8) is 0 Å². The average molecular weight is 253 g/mol. The molecule has 0 amide bonds. The molecule has 1 N–H and O–H groups in total. The van der Waals surface area contributed by atoms with Crippen molar-refractivity contribution < 1.29 is 17.9 Å². The molecule has 0 saturated carbocycles. The second-order valence-corrected chi connectivity index (χ2v) is 4.50. The first kappa shape index (κ1) is 11.6. The summed E-state index contributed by atoms with van der Waals surface area (Å²) in [6, 6.07) is 0.00836. The van der Waals surface area contributed by atoms with Crippen molar-refractivity contribution in [3.8, 4) is 0 Å². The Bertz CT molecular complexity index is 368. The van der Waals surface area contributed by atoms with Gasteiger partial charge in [0.1, 0.15) is 0 Å². The first-order chi connectivity index (χ1) is 7.47. The van der Waals surface area contributed by atoms with E-state index in [0.29, 0.717) is 17.9 Å². The van der Waals surface area contributed by atoms with Gasteiger partial charge in [-0.2, -0.15) is 13.2 Å². The van der Waals surface area contributed by atoms with Crippen LogP contribution >= 0.6 is 11.3 Å². The number of ether oxygens (including phenoxy) is 1. The number of anilines is 1. The molecule has 16 heavy (non-hydrogen) atoms. The van der Waals surface area contributed by atoms with Crippen LogP contribution in [0.3, 0.4) is 0 Å². The number of alkyl halides is 3. The molecule has 2 atom stereocenters. The van der Waals surface area contributed by atoms with Gasteiger partial charge in [0.15, 0.2) is 0 Å². The van der Waals surface area contributed by atoms with Gasteiger partial charge < -0.3 is 10.1 Å². The first-order valence-corrected chi connectivity index (χ1v) is 5.57. The van der Waals surface area contributed by atoms with Crippen molar-refractivity contribution in [2.75, 3.05) is 11.9 Å². The first-order valence-electron chi connectivity index (χ1n) is 4.75. The Labute approximate surface area is 93.8 Å². The van der Waals surface area contributed by atoms with Crippen molar-refractivity contribution in [2.24, 2.45) is 0 Å². The maximum Gasteiger partial charge on any atom is 0.445 e. The van der Waals surface area contributed by atoms with E-state index >= 15 is 0 Å². The summed E-state index contributed by atoms with van der Waals surface area (Å²) in [5, 5.41) is 8.72. The number of hydrogen-bond donors (Lipinski definition) is 1. The minimum atomic E-state index is -4.42. The van der Waals surface area contributed by atoms with E-state index in [1.54, 1.807) is 0 Å². The molecular weight excluding hydrogens is 243 g/mol. The van der Waals surface area contributed by atoms with Gasteiger partial charge in [-0.15, -0.1) is 10.2 Å². The maximum atomic E-state index is 12.2. The van der Waals surface area contributed by atoms with Crippen LogP contribution in [0, 0.1) is 0 Å². The van der Waals surface area contributed by atoms with Gasteiger partial charge in [0.25, 0.3) is 0 Å². The molecule has 0 unspecified atom stereocenters. The summed E-state index contributed by atoms with van der Waals surface area (Å²) in [5.41, 5.74) is 0. The number of halogens is 3. The highest BCUT2D eigenvalue weighted by Crippen LogP contribution is 2.33. The van der Waals surface area contributed by atoms with Crippen LogP contribution in [-0.2, 0) is 10.9 Å². The zero-order chi connectivity index (χ0) is 11.8. The lowest BCUT2D eigenvalue weighted by atomic mass is 10.2. The molecule has 0 aromatic carbocycles. The van der Waals surface area contributed by atoms with Gasteiger partial charge in [0.05, 0.1) is 12.1 Å². The van der Waals surface area contributed by atoms with Crippen LogP contribution in [0.25, 0.3) is 0 Å². The summed E-state index contributed by atoms with van der Waals surface area (Å²) in [7, 11) is 0. The molecule has 1 aliphatic rings. The summed E-state index contributed by atoms with van der Waals surface area (Å²) < 4.78 is 42.0. The number of hydrogen-bond acceptors (Lipinski definition) is 5. The molecule has 0 radical (unpaired) electrons. The van der Waals surface area contributed by atoms with E-state index < -0.39 is 11.2 Å². The lowest BCUT2D eigenvalue weighted by Crippen LogP contribution is -2.26. The SMILES string of the molecule is C[C@H]1OCC[C@H]1Nc1nnc(C(F)(F)F)s1. The number of nitrogens with zero attached hydrogens (tertiary/aromatic N) is 2. The molecule has 2 rings (SSSR count). The smallest absolute Gasteiger partial charge is 0.376 e. The third-order valence-electron chi connectivity index (χ3n) is 2.35. The quantitative estimate of drug-likeness (QED) is 0.877. The summed E-state index contributed by atoms with van der Waals surface area (Å²) in [4.78, 5) is 0. The number of rotatable bonds is 2. The maximum absolute atomic E-state index is 12.2. The highest BCUT2D eigenvalue weighted by Gasteiger charge is 2.36. The third kappa shape index (κ3) is 2.43. The molecule has 90 valence electrons. The Morgan fingerprint density at radius 2 is 2.19 bits per heavy atom. The topological polar surface area (TPSA) is 47.0 Å². The van der Waals surface area contributed by atoms with E-state index in [1.807, 2.05) is 6.92 Å². The van der Waals surface area contributed by atoms with Crippen LogP contribution in [0.4, 0.5) is 18.3 Å². The van der Waals surface area contributed by atoms with E-state index in [0.717, 1.165) is 6.42 Å². The second-order valence-electron chi connectivity index (χ2n) is 3.53. The summed E-state index contributed by atoms with van der Waals surface area (Å²) in [5.74, 6) is 0. The highest BCUT2D eigenvalue weighted by molar-refractivity contribution is 7.15. The molecule has 1 aliphatic heterocycles. The predicted octanol–water partition coefficient (Wildman–Crippen LogP) is 2.15. The van der Waals surface area contributed by atoms with Crippen molar-refractivity contribution >= 4 is 16.5 Å². The molecular formula is C8H10F3N3OS. The fourth-order valence-electron chi connectivity index (χ4n) is 1.48. The van der Waals surface area contributed by atoms with Crippen LogP contribution in [0.5, 0.6) is 0 Å². The zero-order valence-electron chi connectivity index (χ0n) is 8.41. The minimum absolute atomic E-state index is 0.00836. The Morgan fingerprint density at radius 1 is 1.44 bits per heavy atom. The fraction of sp³-hybridized carbons (Fsp3) is 0.750. The summed E-state index contributed by atoms with van der Waals surface area (Å²) in [6.45, 7) is 2.49. The van der Waals surface area contributed by atoms with Gasteiger partial charge in [-0.25, -0.2) is 0 Å². The normalized spacial score (nSPS) is 26.0. The van der Waals surface area contributed by atoms with E-state index in [4.69, 9.17) is 4.74 Å². The minimum Gasteiger partial charge on any atom is -0.376 e. The van der Waals surface area contributed by atoms with Gasteiger partial charge in [-0.1, -0.05) is 11.3 Å². The Kier molecular flexibility index (Phi) is 3.02. The molecule has 2 heterocycles. The molecule has 4 nitrogen and oxygen atoms in total. The molecule has 1 saturated heterocycles. The van der Waals surface area contributed by atoms with Crippen molar-refractivity contribution in [3.05, 3.63) is 5.01 Å². The predicted molar refractivity (Wildman–Crippen MR) is 52.4 cm³/mol. The number of nitrogens with one attached hydrogen (secondary N) is 1. The summed E-state index contributed by atoms with van der Waals surface area (Å²) in [6.07, 6.45) is -3.67. The molecule has 0 bridgehead atoms. The molecule has 0 spiro atoms. The summed E-state index contributed by atoms with van der Waals surface area (Å²) >= 11 is 0.515. The number of aromatic nitrogens is 2. The Balaban J connectivity index is 2.03. The van der Waals surface area contributed by atoms with Gasteiger partial charge in [-0.05, 0) is 13.3 Å². The van der Waals surface area contributed by atoms with Crippen LogP contribution < -0.4 is 5.32 Å². The molecule has 0 aliphatic carbocycles. The van der Waals surface area contributed by atoms with Crippen LogP contribution in [0.2, 0.25) is 0 Å². The molecule has 1 aromatic heterocycles. The van der Waals surface area contributed by atoms with Gasteiger partial charge in [0.2, 0.25) is 10.1 Å². The standard InChI is InChI=1S/C8H10F3N3OS/c1-4-5(2-3-15-4)12-7-14-13-6(16-7)8(9,10)11/h4-5H,2-3H2,1H3,(H,12,14)/t4-,5-/m1/s1. The van der Waals surface area contributed by atoms with E-state index in [-0.39, 0.29) is 17.3 Å². The lowest BCUT2D eigenvalue weighted by Gasteiger charge is -2.14.